The Balaban J connectivity index is 1.68. The lowest BCUT2D eigenvalue weighted by atomic mass is 9.98. The molecule has 0 fully saturated rings. The van der Waals surface area contributed by atoms with E-state index in [0.29, 0.717) is 0 Å². The molecule has 0 bridgehead atoms. The van der Waals surface area contributed by atoms with Gasteiger partial charge in [-0.2, -0.15) is 5.26 Å². The predicted molar refractivity (Wildman–Crippen MR) is 95.2 cm³/mol. The van der Waals surface area contributed by atoms with Crippen LogP contribution < -0.4 is 0 Å². The fraction of sp³-hybridized carbons (Fsp3) is 0.136. The van der Waals surface area contributed by atoms with Crippen molar-refractivity contribution in [1.82, 2.24) is 0 Å². The molecule has 0 aliphatic rings. The second kappa shape index (κ2) is 6.94. The van der Waals surface area contributed by atoms with E-state index < -0.39 is 0 Å². The van der Waals surface area contributed by atoms with Crippen LogP contribution in [0.2, 0.25) is 0 Å². The molecule has 0 radical (unpaired) electrons. The topological polar surface area (TPSA) is 23.8 Å². The van der Waals surface area contributed by atoms with Gasteiger partial charge >= 0.3 is 0 Å². The number of aryl methyl sites for hydroxylation is 3. The van der Waals surface area contributed by atoms with E-state index in [4.69, 9.17) is 5.26 Å². The van der Waals surface area contributed by atoms with Gasteiger partial charge in [0.2, 0.25) is 0 Å². The monoisotopic (exact) mass is 297 g/mol. The van der Waals surface area contributed by atoms with Crippen LogP contribution in [0.3, 0.4) is 0 Å². The Labute approximate surface area is 137 Å². The quantitative estimate of drug-likeness (QED) is 0.639. The van der Waals surface area contributed by atoms with Crippen LogP contribution in [0.5, 0.6) is 0 Å². The summed E-state index contributed by atoms with van der Waals surface area (Å²) in [5, 5.41) is 8.83. The fourth-order valence-corrected chi connectivity index (χ4v) is 2.78. The lowest BCUT2D eigenvalue weighted by molar-refractivity contribution is 0.960. The minimum Gasteiger partial charge on any atom is -0.192 e. The van der Waals surface area contributed by atoms with Crippen molar-refractivity contribution >= 4 is 0 Å². The van der Waals surface area contributed by atoms with Crippen LogP contribution in [0, 0.1) is 18.3 Å². The molecule has 112 valence electrons. The highest BCUT2D eigenvalue weighted by Crippen LogP contribution is 2.23. The van der Waals surface area contributed by atoms with E-state index in [0.717, 1.165) is 18.4 Å². The average molecular weight is 297 g/mol. The van der Waals surface area contributed by atoms with Crippen LogP contribution >= 0.6 is 0 Å². The van der Waals surface area contributed by atoms with Crippen molar-refractivity contribution < 1.29 is 0 Å². The Morgan fingerprint density at radius 3 is 1.87 bits per heavy atom. The van der Waals surface area contributed by atoms with Crippen molar-refractivity contribution in [1.29, 1.82) is 5.26 Å². The molecule has 0 N–H and O–H groups in total. The Morgan fingerprint density at radius 2 is 1.30 bits per heavy atom. The van der Waals surface area contributed by atoms with E-state index in [1.807, 2.05) is 24.3 Å². The van der Waals surface area contributed by atoms with Gasteiger partial charge in [0.1, 0.15) is 0 Å². The first kappa shape index (κ1) is 15.1. The molecule has 3 aromatic carbocycles. The third kappa shape index (κ3) is 3.67. The zero-order chi connectivity index (χ0) is 16.1. The Hall–Kier alpha value is -2.85. The van der Waals surface area contributed by atoms with Gasteiger partial charge in [0.05, 0.1) is 11.6 Å². The van der Waals surface area contributed by atoms with Crippen LogP contribution in [-0.2, 0) is 12.8 Å². The van der Waals surface area contributed by atoms with E-state index in [9.17, 15) is 0 Å². The zero-order valence-electron chi connectivity index (χ0n) is 13.3. The molecule has 0 amide bonds. The van der Waals surface area contributed by atoms with Crippen LogP contribution in [-0.4, -0.2) is 0 Å². The highest BCUT2D eigenvalue weighted by atomic mass is 14.2. The van der Waals surface area contributed by atoms with E-state index in [-0.39, 0.29) is 0 Å². The lowest BCUT2D eigenvalue weighted by Crippen LogP contribution is -1.92. The second-order valence-corrected chi connectivity index (χ2v) is 5.82. The van der Waals surface area contributed by atoms with Gasteiger partial charge in [-0.3, -0.25) is 0 Å². The molecule has 0 aliphatic carbocycles. The molecule has 3 rings (SSSR count). The van der Waals surface area contributed by atoms with E-state index in [1.165, 1.54) is 27.8 Å². The second-order valence-electron chi connectivity index (χ2n) is 5.82. The summed E-state index contributed by atoms with van der Waals surface area (Å²) in [4.78, 5) is 0. The highest BCUT2D eigenvalue weighted by molar-refractivity contribution is 5.67. The van der Waals surface area contributed by atoms with Gasteiger partial charge < -0.3 is 0 Å². The number of nitrogens with zero attached hydrogens (tertiary/aromatic N) is 1. The van der Waals surface area contributed by atoms with Crippen molar-refractivity contribution in [2.24, 2.45) is 0 Å². The number of hydrogen-bond acceptors (Lipinski definition) is 1. The van der Waals surface area contributed by atoms with Gasteiger partial charge in [-0.25, -0.2) is 0 Å². The van der Waals surface area contributed by atoms with Crippen molar-refractivity contribution in [2.75, 3.05) is 0 Å². The highest BCUT2D eigenvalue weighted by Gasteiger charge is 2.02. The summed E-state index contributed by atoms with van der Waals surface area (Å²) in [6.45, 7) is 2.15. The molecule has 3 aromatic rings. The van der Waals surface area contributed by atoms with Gasteiger partial charge in [-0.15, -0.1) is 0 Å². The number of rotatable bonds is 4. The van der Waals surface area contributed by atoms with Crippen molar-refractivity contribution in [3.05, 3.63) is 95.1 Å². The fourth-order valence-electron chi connectivity index (χ4n) is 2.78. The summed E-state index contributed by atoms with van der Waals surface area (Å²) in [5.41, 5.74) is 7.20. The van der Waals surface area contributed by atoms with E-state index in [1.54, 1.807) is 0 Å². The summed E-state index contributed by atoms with van der Waals surface area (Å²) in [6.07, 6.45) is 2.01. The molecule has 0 heterocycles. The normalized spacial score (nSPS) is 10.3. The van der Waals surface area contributed by atoms with Crippen LogP contribution in [0.25, 0.3) is 11.1 Å². The summed E-state index contributed by atoms with van der Waals surface area (Å²) < 4.78 is 0. The summed E-state index contributed by atoms with van der Waals surface area (Å²) in [7, 11) is 0. The minimum absolute atomic E-state index is 0.719. The molecular formula is C22H19N. The van der Waals surface area contributed by atoms with Crippen molar-refractivity contribution in [3.63, 3.8) is 0 Å². The molecule has 0 aromatic heterocycles. The summed E-state index contributed by atoms with van der Waals surface area (Å²) in [5.74, 6) is 0. The van der Waals surface area contributed by atoms with Crippen molar-refractivity contribution in [3.8, 4) is 17.2 Å². The Kier molecular flexibility index (Phi) is 4.54. The molecule has 23 heavy (non-hydrogen) atoms. The maximum absolute atomic E-state index is 8.83. The SMILES string of the molecule is Cc1ccccc1-c1ccc(CCc2ccc(C#N)cc2)cc1. The lowest BCUT2D eigenvalue weighted by Gasteiger charge is -2.07. The molecule has 0 atom stereocenters. The van der Waals surface area contributed by atoms with Crippen LogP contribution in [0.15, 0.2) is 72.8 Å². The standard InChI is InChI=1S/C22H19N/c1-17-4-2-3-5-22(17)21-14-12-19(13-15-21)7-6-18-8-10-20(16-23)11-9-18/h2-5,8-15H,6-7H2,1H3. The number of hydrogen-bond donors (Lipinski definition) is 0. The maximum atomic E-state index is 8.83. The molecule has 0 unspecified atom stereocenters. The van der Waals surface area contributed by atoms with Gasteiger partial charge in [0.15, 0.2) is 0 Å². The Morgan fingerprint density at radius 1 is 0.739 bits per heavy atom. The van der Waals surface area contributed by atoms with Crippen LogP contribution in [0.4, 0.5) is 0 Å². The largest absolute Gasteiger partial charge is 0.192 e. The molecule has 0 aliphatic heterocycles. The predicted octanol–water partition coefficient (Wildman–Crippen LogP) is 5.32. The molecule has 1 heteroatoms. The van der Waals surface area contributed by atoms with Gasteiger partial charge in [-0.05, 0) is 59.7 Å². The third-order valence-electron chi connectivity index (χ3n) is 4.20. The van der Waals surface area contributed by atoms with E-state index in [2.05, 4.69) is 61.5 Å². The first-order valence-corrected chi connectivity index (χ1v) is 7.90. The Bertz CT molecular complexity index is 821. The zero-order valence-corrected chi connectivity index (χ0v) is 13.3. The van der Waals surface area contributed by atoms with Crippen molar-refractivity contribution in [2.45, 2.75) is 19.8 Å². The molecule has 1 nitrogen and oxygen atoms in total. The molecular weight excluding hydrogens is 278 g/mol. The van der Waals surface area contributed by atoms with Gasteiger partial charge in [0.25, 0.3) is 0 Å². The molecule has 0 saturated carbocycles. The number of nitriles is 1. The smallest absolute Gasteiger partial charge is 0.0991 e. The molecule has 0 spiro atoms. The summed E-state index contributed by atoms with van der Waals surface area (Å²) >= 11 is 0. The first-order chi connectivity index (χ1) is 11.3. The minimum atomic E-state index is 0.719. The number of benzene rings is 3. The maximum Gasteiger partial charge on any atom is 0.0991 e. The third-order valence-corrected chi connectivity index (χ3v) is 4.20. The first-order valence-electron chi connectivity index (χ1n) is 7.90. The van der Waals surface area contributed by atoms with Crippen LogP contribution in [0.1, 0.15) is 22.3 Å². The van der Waals surface area contributed by atoms with Gasteiger partial charge in [0, 0.05) is 0 Å². The van der Waals surface area contributed by atoms with Gasteiger partial charge in [-0.1, -0.05) is 60.7 Å². The molecule has 0 saturated heterocycles. The summed E-state index contributed by atoms with van der Waals surface area (Å²) in [6, 6.07) is 27.3. The van der Waals surface area contributed by atoms with E-state index >= 15 is 0 Å². The average Bonchev–Trinajstić information content (AvgIpc) is 2.61.